The summed E-state index contributed by atoms with van der Waals surface area (Å²) in [7, 11) is 0. The summed E-state index contributed by atoms with van der Waals surface area (Å²) >= 11 is 1.66. The van der Waals surface area contributed by atoms with E-state index in [-0.39, 0.29) is 11.6 Å². The van der Waals surface area contributed by atoms with Crippen molar-refractivity contribution >= 4 is 29.1 Å². The van der Waals surface area contributed by atoms with Crippen LogP contribution in [-0.4, -0.2) is 34.0 Å². The summed E-state index contributed by atoms with van der Waals surface area (Å²) in [6.07, 6.45) is 1.97. The summed E-state index contributed by atoms with van der Waals surface area (Å²) in [5, 5.41) is 22.7. The number of anilines is 1. The van der Waals surface area contributed by atoms with Gasteiger partial charge in [0.25, 0.3) is 5.69 Å². The zero-order chi connectivity index (χ0) is 13.7. The third-order valence-corrected chi connectivity index (χ3v) is 3.09. The fraction of sp³-hybridized carbons (Fsp3) is 0.364. The second-order valence-corrected chi connectivity index (χ2v) is 4.71. The molecule has 1 unspecified atom stereocenters. The quantitative estimate of drug-likeness (QED) is 0.609. The van der Waals surface area contributed by atoms with Gasteiger partial charge < -0.3 is 10.4 Å². The molecule has 1 rings (SSSR count). The van der Waals surface area contributed by atoms with Gasteiger partial charge in [-0.05, 0) is 25.3 Å². The molecule has 0 amide bonds. The number of benzene rings is 1. The molecule has 7 heteroatoms. The third-order valence-electron chi connectivity index (χ3n) is 2.25. The maximum absolute atomic E-state index is 10.8. The fourth-order valence-corrected chi connectivity index (χ4v) is 2.11. The van der Waals surface area contributed by atoms with Gasteiger partial charge in [0.05, 0.1) is 4.92 Å². The second kappa shape index (κ2) is 6.25. The van der Waals surface area contributed by atoms with Gasteiger partial charge in [-0.25, -0.2) is 4.79 Å². The Kier molecular flexibility index (Phi) is 4.96. The first-order valence-corrected chi connectivity index (χ1v) is 6.62. The first kappa shape index (κ1) is 14.3. The van der Waals surface area contributed by atoms with Crippen LogP contribution >= 0.6 is 11.8 Å². The number of nitro benzene ring substituents is 1. The smallest absolute Gasteiger partial charge is 0.342 e. The highest BCUT2D eigenvalue weighted by Crippen LogP contribution is 2.23. The topological polar surface area (TPSA) is 92.5 Å². The average Bonchev–Trinajstić information content (AvgIpc) is 2.28. The van der Waals surface area contributed by atoms with Gasteiger partial charge in [-0.3, -0.25) is 10.1 Å². The molecule has 1 atom stereocenters. The molecule has 0 heterocycles. The van der Waals surface area contributed by atoms with E-state index in [0.717, 1.165) is 5.75 Å². The molecule has 18 heavy (non-hydrogen) atoms. The zero-order valence-corrected chi connectivity index (χ0v) is 10.9. The first-order chi connectivity index (χ1) is 8.45. The lowest BCUT2D eigenvalue weighted by Crippen LogP contribution is -2.18. The largest absolute Gasteiger partial charge is 0.477 e. The molecule has 0 bridgehead atoms. The highest BCUT2D eigenvalue weighted by Gasteiger charge is 2.20. The van der Waals surface area contributed by atoms with Crippen molar-refractivity contribution in [2.75, 3.05) is 17.3 Å². The van der Waals surface area contributed by atoms with Gasteiger partial charge in [-0.1, -0.05) is 0 Å². The predicted octanol–water partition coefficient (Wildman–Crippen LogP) is 2.46. The Labute approximate surface area is 109 Å². The van der Waals surface area contributed by atoms with Crippen molar-refractivity contribution in [1.82, 2.24) is 0 Å². The molecule has 0 aromatic heterocycles. The summed E-state index contributed by atoms with van der Waals surface area (Å²) in [4.78, 5) is 20.9. The summed E-state index contributed by atoms with van der Waals surface area (Å²) < 4.78 is 0. The van der Waals surface area contributed by atoms with E-state index in [9.17, 15) is 14.9 Å². The maximum Gasteiger partial charge on any atom is 0.342 e. The number of hydrogen-bond acceptors (Lipinski definition) is 5. The first-order valence-electron chi connectivity index (χ1n) is 5.23. The minimum Gasteiger partial charge on any atom is -0.477 e. The van der Waals surface area contributed by atoms with Crippen molar-refractivity contribution < 1.29 is 14.8 Å². The molecule has 0 saturated heterocycles. The van der Waals surface area contributed by atoms with Crippen molar-refractivity contribution in [3.8, 4) is 0 Å². The Balaban J connectivity index is 3.00. The van der Waals surface area contributed by atoms with E-state index < -0.39 is 16.6 Å². The molecular formula is C11H14N2O4S. The van der Waals surface area contributed by atoms with Gasteiger partial charge in [0.15, 0.2) is 0 Å². The van der Waals surface area contributed by atoms with Crippen LogP contribution in [0.3, 0.4) is 0 Å². The second-order valence-electron chi connectivity index (χ2n) is 3.79. The normalized spacial score (nSPS) is 11.9. The Morgan fingerprint density at radius 1 is 1.61 bits per heavy atom. The summed E-state index contributed by atoms with van der Waals surface area (Å²) in [5.41, 5.74) is -0.153. The number of aromatic carboxylic acids is 1. The van der Waals surface area contributed by atoms with E-state index in [1.807, 2.05) is 13.2 Å². The summed E-state index contributed by atoms with van der Waals surface area (Å²) in [6.45, 7) is 1.95. The lowest BCUT2D eigenvalue weighted by atomic mass is 10.1. The van der Waals surface area contributed by atoms with Crippen LogP contribution in [0.1, 0.15) is 17.3 Å². The molecule has 0 fully saturated rings. The molecular weight excluding hydrogens is 256 g/mol. The Hall–Kier alpha value is -1.76. The van der Waals surface area contributed by atoms with Crippen molar-refractivity contribution in [2.45, 2.75) is 13.0 Å². The van der Waals surface area contributed by atoms with Gasteiger partial charge in [0, 0.05) is 23.5 Å². The molecule has 1 aromatic carbocycles. The Morgan fingerprint density at radius 2 is 2.28 bits per heavy atom. The summed E-state index contributed by atoms with van der Waals surface area (Å²) in [5.74, 6) is -0.445. The number of thioether (sulfide) groups is 1. The van der Waals surface area contributed by atoms with Crippen LogP contribution < -0.4 is 5.32 Å². The maximum atomic E-state index is 10.8. The molecule has 98 valence electrons. The van der Waals surface area contributed by atoms with Crippen molar-refractivity contribution in [1.29, 1.82) is 0 Å². The van der Waals surface area contributed by atoms with Gasteiger partial charge in [-0.15, -0.1) is 0 Å². The number of carboxylic acids is 1. The monoisotopic (exact) mass is 270 g/mol. The fourth-order valence-electron chi connectivity index (χ4n) is 1.53. The lowest BCUT2D eigenvalue weighted by Gasteiger charge is -2.13. The van der Waals surface area contributed by atoms with Crippen LogP contribution in [0.5, 0.6) is 0 Å². The van der Waals surface area contributed by atoms with Crippen LogP contribution in [0.4, 0.5) is 11.4 Å². The number of nitrogens with one attached hydrogen (secondary N) is 1. The molecule has 1 aromatic rings. The lowest BCUT2D eigenvalue weighted by molar-refractivity contribution is -0.385. The number of nitrogens with zero attached hydrogens (tertiary/aromatic N) is 1. The van der Waals surface area contributed by atoms with Crippen LogP contribution in [0, 0.1) is 10.1 Å². The molecule has 0 saturated carbocycles. The zero-order valence-electron chi connectivity index (χ0n) is 10.0. The molecule has 0 spiro atoms. The predicted molar refractivity (Wildman–Crippen MR) is 71.5 cm³/mol. The van der Waals surface area contributed by atoms with E-state index in [0.29, 0.717) is 5.69 Å². The van der Waals surface area contributed by atoms with Gasteiger partial charge in [-0.2, -0.15) is 11.8 Å². The van der Waals surface area contributed by atoms with Crippen molar-refractivity contribution in [3.63, 3.8) is 0 Å². The number of hydrogen-bond donors (Lipinski definition) is 2. The number of carboxylic acid groups (broad SMARTS) is 1. The van der Waals surface area contributed by atoms with Crippen LogP contribution in [0.25, 0.3) is 0 Å². The molecule has 0 radical (unpaired) electrons. The van der Waals surface area contributed by atoms with Crippen molar-refractivity contribution in [2.24, 2.45) is 0 Å². The van der Waals surface area contributed by atoms with Crippen LogP contribution in [-0.2, 0) is 0 Å². The number of rotatable bonds is 6. The third kappa shape index (κ3) is 3.63. The minimum atomic E-state index is -1.30. The standard InChI is InChI=1S/C11H14N2O4S/c1-7(6-18-2)12-8-3-4-9(11(14)15)10(5-8)13(16)17/h3-5,7,12H,6H2,1-2H3,(H,14,15). The average molecular weight is 270 g/mol. The number of nitro groups is 1. The molecule has 0 aliphatic rings. The highest BCUT2D eigenvalue weighted by atomic mass is 32.2. The molecule has 0 aliphatic carbocycles. The Bertz CT molecular complexity index is 464. The van der Waals surface area contributed by atoms with Gasteiger partial charge in [0.2, 0.25) is 0 Å². The molecule has 2 N–H and O–H groups in total. The van der Waals surface area contributed by atoms with Crippen LogP contribution in [0.15, 0.2) is 18.2 Å². The molecule has 0 aliphatic heterocycles. The SMILES string of the molecule is CSCC(C)Nc1ccc(C(=O)O)c([N+](=O)[O-])c1. The van der Waals surface area contributed by atoms with Gasteiger partial charge in [0.1, 0.15) is 5.56 Å². The van der Waals surface area contributed by atoms with Crippen molar-refractivity contribution in [3.05, 3.63) is 33.9 Å². The van der Waals surface area contributed by atoms with E-state index in [2.05, 4.69) is 5.32 Å². The van der Waals surface area contributed by atoms with E-state index in [1.165, 1.54) is 18.2 Å². The minimum absolute atomic E-state index is 0.148. The van der Waals surface area contributed by atoms with E-state index >= 15 is 0 Å². The summed E-state index contributed by atoms with van der Waals surface area (Å²) in [6, 6.07) is 4.18. The Morgan fingerprint density at radius 3 is 2.78 bits per heavy atom. The van der Waals surface area contributed by atoms with Gasteiger partial charge >= 0.3 is 5.97 Å². The van der Waals surface area contributed by atoms with E-state index in [4.69, 9.17) is 5.11 Å². The molecule has 6 nitrogen and oxygen atoms in total. The van der Waals surface area contributed by atoms with E-state index in [1.54, 1.807) is 11.8 Å². The van der Waals surface area contributed by atoms with Crippen LogP contribution in [0.2, 0.25) is 0 Å². The number of carbonyl (C=O) groups is 1. The highest BCUT2D eigenvalue weighted by molar-refractivity contribution is 7.98.